The molecule has 74 valence electrons. The Labute approximate surface area is 81.5 Å². The van der Waals surface area contributed by atoms with Gasteiger partial charge in [-0.25, -0.2) is 0 Å². The van der Waals surface area contributed by atoms with Crippen LogP contribution in [-0.4, -0.2) is 5.78 Å². The van der Waals surface area contributed by atoms with Gasteiger partial charge in [-0.2, -0.15) is 0 Å². The minimum absolute atomic E-state index is 0.212. The summed E-state index contributed by atoms with van der Waals surface area (Å²) in [4.78, 5) is 11.1. The standard InChI is InChI=1S/C12H20O/c1-5-7-12(11(4)13)9-6-8-10(2)3/h9H,2,5-8H2,1,3-4H3. The Bertz CT molecular complexity index is 211. The van der Waals surface area contributed by atoms with Crippen LogP contribution in [0.1, 0.15) is 46.5 Å². The van der Waals surface area contributed by atoms with Crippen molar-refractivity contribution in [1.82, 2.24) is 0 Å². The highest BCUT2D eigenvalue weighted by molar-refractivity contribution is 5.93. The lowest BCUT2D eigenvalue weighted by Crippen LogP contribution is -1.96. The average molecular weight is 180 g/mol. The monoisotopic (exact) mass is 180 g/mol. The van der Waals surface area contributed by atoms with E-state index in [4.69, 9.17) is 0 Å². The lowest BCUT2D eigenvalue weighted by atomic mass is 10.0. The molecule has 0 radical (unpaired) electrons. The van der Waals surface area contributed by atoms with Crippen molar-refractivity contribution in [3.63, 3.8) is 0 Å². The number of hydrogen-bond acceptors (Lipinski definition) is 1. The molecule has 0 saturated heterocycles. The third-order valence-corrected chi connectivity index (χ3v) is 1.93. The van der Waals surface area contributed by atoms with Crippen molar-refractivity contribution in [2.45, 2.75) is 46.5 Å². The molecule has 13 heavy (non-hydrogen) atoms. The van der Waals surface area contributed by atoms with Crippen LogP contribution in [0.4, 0.5) is 0 Å². The maximum Gasteiger partial charge on any atom is 0.155 e. The first-order valence-corrected chi connectivity index (χ1v) is 4.92. The van der Waals surface area contributed by atoms with Gasteiger partial charge in [-0.3, -0.25) is 4.79 Å². The highest BCUT2D eigenvalue weighted by Crippen LogP contribution is 2.10. The van der Waals surface area contributed by atoms with Crippen LogP contribution in [0.3, 0.4) is 0 Å². The molecule has 0 aliphatic rings. The average Bonchev–Trinajstić information content (AvgIpc) is 2.02. The molecular weight excluding hydrogens is 160 g/mol. The maximum atomic E-state index is 11.1. The van der Waals surface area contributed by atoms with E-state index in [0.29, 0.717) is 0 Å². The van der Waals surface area contributed by atoms with Crippen LogP contribution in [0.15, 0.2) is 23.8 Å². The van der Waals surface area contributed by atoms with Crippen molar-refractivity contribution in [3.8, 4) is 0 Å². The molecule has 1 nitrogen and oxygen atoms in total. The van der Waals surface area contributed by atoms with Gasteiger partial charge in [-0.05, 0) is 38.7 Å². The highest BCUT2D eigenvalue weighted by atomic mass is 16.1. The normalized spacial score (nSPS) is 11.5. The number of allylic oxidation sites excluding steroid dienone is 3. The largest absolute Gasteiger partial charge is 0.295 e. The Hall–Kier alpha value is -0.850. The van der Waals surface area contributed by atoms with E-state index in [2.05, 4.69) is 19.6 Å². The summed E-state index contributed by atoms with van der Waals surface area (Å²) in [7, 11) is 0. The zero-order valence-electron chi connectivity index (χ0n) is 9.02. The molecule has 0 fully saturated rings. The van der Waals surface area contributed by atoms with Crippen molar-refractivity contribution in [2.24, 2.45) is 0 Å². The number of carbonyl (C=O) groups excluding carboxylic acids is 1. The molecule has 0 aliphatic carbocycles. The first-order valence-electron chi connectivity index (χ1n) is 4.92. The number of hydrogen-bond donors (Lipinski definition) is 0. The Balaban J connectivity index is 4.03. The summed E-state index contributed by atoms with van der Waals surface area (Å²) >= 11 is 0. The first-order chi connectivity index (χ1) is 6.07. The van der Waals surface area contributed by atoms with Crippen LogP contribution >= 0.6 is 0 Å². The summed E-state index contributed by atoms with van der Waals surface area (Å²) in [6.07, 6.45) is 5.94. The van der Waals surface area contributed by atoms with Gasteiger partial charge < -0.3 is 0 Å². The first kappa shape index (κ1) is 12.2. The van der Waals surface area contributed by atoms with E-state index in [0.717, 1.165) is 31.3 Å². The van der Waals surface area contributed by atoms with E-state index in [1.54, 1.807) is 6.92 Å². The van der Waals surface area contributed by atoms with Crippen molar-refractivity contribution in [1.29, 1.82) is 0 Å². The van der Waals surface area contributed by atoms with Gasteiger partial charge in [-0.15, -0.1) is 6.58 Å². The van der Waals surface area contributed by atoms with E-state index in [9.17, 15) is 4.79 Å². The summed E-state index contributed by atoms with van der Waals surface area (Å²) < 4.78 is 0. The highest BCUT2D eigenvalue weighted by Gasteiger charge is 2.00. The summed E-state index contributed by atoms with van der Waals surface area (Å²) in [6.45, 7) is 9.58. The topological polar surface area (TPSA) is 17.1 Å². The van der Waals surface area contributed by atoms with Crippen molar-refractivity contribution < 1.29 is 4.79 Å². The molecule has 0 N–H and O–H groups in total. The molecule has 0 spiro atoms. The van der Waals surface area contributed by atoms with Gasteiger partial charge in [-0.1, -0.05) is 25.0 Å². The molecule has 0 rings (SSSR count). The second-order valence-electron chi connectivity index (χ2n) is 3.53. The molecule has 0 aliphatic heterocycles. The van der Waals surface area contributed by atoms with Crippen LogP contribution in [0.25, 0.3) is 0 Å². The molecule has 0 aromatic heterocycles. The van der Waals surface area contributed by atoms with Crippen LogP contribution in [0.5, 0.6) is 0 Å². The van der Waals surface area contributed by atoms with Crippen molar-refractivity contribution in [2.75, 3.05) is 0 Å². The number of rotatable bonds is 6. The summed E-state index contributed by atoms with van der Waals surface area (Å²) in [5.41, 5.74) is 2.15. The van der Waals surface area contributed by atoms with Crippen LogP contribution in [-0.2, 0) is 4.79 Å². The minimum atomic E-state index is 0.212. The van der Waals surface area contributed by atoms with Crippen molar-refractivity contribution in [3.05, 3.63) is 23.8 Å². The molecule has 0 heterocycles. The summed E-state index contributed by atoms with van der Waals surface area (Å²) in [5.74, 6) is 0.212. The Morgan fingerprint density at radius 3 is 2.31 bits per heavy atom. The molecule has 1 heteroatoms. The van der Waals surface area contributed by atoms with Gasteiger partial charge in [0.25, 0.3) is 0 Å². The fourth-order valence-electron chi connectivity index (χ4n) is 1.18. The SMILES string of the molecule is C=C(C)CCC=C(CCC)C(C)=O. The Morgan fingerprint density at radius 2 is 1.92 bits per heavy atom. The zero-order chi connectivity index (χ0) is 10.3. The molecule has 0 saturated carbocycles. The number of carbonyl (C=O) groups is 1. The second-order valence-corrected chi connectivity index (χ2v) is 3.53. The predicted octanol–water partition coefficient (Wildman–Crippen LogP) is 3.66. The van der Waals surface area contributed by atoms with E-state index in [1.165, 1.54) is 5.57 Å². The van der Waals surface area contributed by atoms with Gasteiger partial charge in [0.05, 0.1) is 0 Å². The maximum absolute atomic E-state index is 11.1. The smallest absolute Gasteiger partial charge is 0.155 e. The van der Waals surface area contributed by atoms with Crippen LogP contribution in [0, 0.1) is 0 Å². The summed E-state index contributed by atoms with van der Waals surface area (Å²) in [6, 6.07) is 0. The van der Waals surface area contributed by atoms with Crippen LogP contribution in [0.2, 0.25) is 0 Å². The quantitative estimate of drug-likeness (QED) is 0.450. The molecule has 0 amide bonds. The van der Waals surface area contributed by atoms with E-state index in [-0.39, 0.29) is 5.78 Å². The number of ketones is 1. The van der Waals surface area contributed by atoms with Gasteiger partial charge in [0.1, 0.15) is 0 Å². The van der Waals surface area contributed by atoms with Gasteiger partial charge in [0.2, 0.25) is 0 Å². The third kappa shape index (κ3) is 6.32. The fraction of sp³-hybridized carbons (Fsp3) is 0.583. The molecular formula is C12H20O. The van der Waals surface area contributed by atoms with E-state index in [1.807, 2.05) is 6.92 Å². The van der Waals surface area contributed by atoms with Crippen molar-refractivity contribution >= 4 is 5.78 Å². The fourth-order valence-corrected chi connectivity index (χ4v) is 1.18. The predicted molar refractivity (Wildman–Crippen MR) is 57.7 cm³/mol. The number of Topliss-reactive ketones (excluding diaryl/α,β-unsaturated/α-hetero) is 1. The summed E-state index contributed by atoms with van der Waals surface area (Å²) in [5, 5.41) is 0. The minimum Gasteiger partial charge on any atom is -0.295 e. The molecule has 0 aromatic rings. The Morgan fingerprint density at radius 1 is 1.31 bits per heavy atom. The van der Waals surface area contributed by atoms with Gasteiger partial charge >= 0.3 is 0 Å². The lowest BCUT2D eigenvalue weighted by molar-refractivity contribution is -0.113. The molecule has 0 aromatic carbocycles. The van der Waals surface area contributed by atoms with Gasteiger partial charge in [0.15, 0.2) is 5.78 Å². The molecule has 0 bridgehead atoms. The second kappa shape index (κ2) is 6.64. The Kier molecular flexibility index (Phi) is 6.21. The van der Waals surface area contributed by atoms with Crippen LogP contribution < -0.4 is 0 Å². The van der Waals surface area contributed by atoms with Gasteiger partial charge in [0, 0.05) is 0 Å². The molecule has 0 atom stereocenters. The lowest BCUT2D eigenvalue weighted by Gasteiger charge is -2.01. The zero-order valence-corrected chi connectivity index (χ0v) is 9.02. The molecule has 0 unspecified atom stereocenters. The van der Waals surface area contributed by atoms with E-state index < -0.39 is 0 Å². The third-order valence-electron chi connectivity index (χ3n) is 1.93. The van der Waals surface area contributed by atoms with E-state index >= 15 is 0 Å².